The minimum absolute atomic E-state index is 0.116. The largest absolute Gasteiger partial charge is 0.462 e. The van der Waals surface area contributed by atoms with Crippen molar-refractivity contribution in [2.45, 2.75) is 13.5 Å². The van der Waals surface area contributed by atoms with Crippen LogP contribution in [0, 0.1) is 21.4 Å². The maximum absolute atomic E-state index is 12.2. The van der Waals surface area contributed by atoms with Crippen molar-refractivity contribution in [3.8, 4) is 17.2 Å². The molecule has 0 atom stereocenters. The molecular formula is C23H19N3O4. The summed E-state index contributed by atoms with van der Waals surface area (Å²) in [5.41, 5.74) is 3.23. The molecule has 7 heteroatoms. The number of hydrogen-bond acceptors (Lipinski definition) is 6. The molecule has 0 unspecified atom stereocenters. The number of nitriles is 1. The average molecular weight is 401 g/mol. The Morgan fingerprint density at radius 3 is 2.50 bits per heavy atom. The summed E-state index contributed by atoms with van der Waals surface area (Å²) in [5.74, 6) is -0.618. The first-order valence-electron chi connectivity index (χ1n) is 9.32. The van der Waals surface area contributed by atoms with E-state index in [2.05, 4.69) is 11.4 Å². The minimum atomic E-state index is -0.618. The van der Waals surface area contributed by atoms with Crippen molar-refractivity contribution in [1.29, 1.82) is 5.26 Å². The molecule has 3 aromatic carbocycles. The van der Waals surface area contributed by atoms with Crippen LogP contribution in [0.25, 0.3) is 11.1 Å². The van der Waals surface area contributed by atoms with Crippen LogP contribution < -0.4 is 5.32 Å². The third-order valence-corrected chi connectivity index (χ3v) is 4.52. The Hall–Kier alpha value is -4.18. The van der Waals surface area contributed by atoms with Crippen LogP contribution in [-0.4, -0.2) is 17.5 Å². The summed E-state index contributed by atoms with van der Waals surface area (Å²) < 4.78 is 5.01. The molecule has 3 aromatic rings. The van der Waals surface area contributed by atoms with Crippen molar-refractivity contribution >= 4 is 17.3 Å². The number of para-hydroxylation sites is 1. The zero-order valence-corrected chi connectivity index (χ0v) is 16.3. The lowest BCUT2D eigenvalue weighted by Gasteiger charge is -2.12. The first-order valence-corrected chi connectivity index (χ1v) is 9.32. The van der Waals surface area contributed by atoms with E-state index in [1.807, 2.05) is 42.5 Å². The normalized spacial score (nSPS) is 10.1. The Labute approximate surface area is 173 Å². The van der Waals surface area contributed by atoms with Gasteiger partial charge in [0.05, 0.1) is 28.7 Å². The van der Waals surface area contributed by atoms with Gasteiger partial charge in [-0.1, -0.05) is 48.5 Å². The van der Waals surface area contributed by atoms with Crippen molar-refractivity contribution in [2.75, 3.05) is 11.9 Å². The fourth-order valence-electron chi connectivity index (χ4n) is 3.08. The Morgan fingerprint density at radius 2 is 1.83 bits per heavy atom. The number of benzene rings is 3. The van der Waals surface area contributed by atoms with E-state index in [1.54, 1.807) is 13.0 Å². The summed E-state index contributed by atoms with van der Waals surface area (Å²) in [7, 11) is 0. The Kier molecular flexibility index (Phi) is 6.40. The third kappa shape index (κ3) is 4.45. The highest BCUT2D eigenvalue weighted by atomic mass is 16.6. The van der Waals surface area contributed by atoms with Gasteiger partial charge in [-0.25, -0.2) is 4.79 Å². The number of carbonyl (C=O) groups is 1. The first-order chi connectivity index (χ1) is 14.5. The molecular weight excluding hydrogens is 382 g/mol. The SMILES string of the molecule is CCOC(=O)c1cccc([N+](=O)[O-])c1NCc1ccc(-c2ccccc2C#N)cc1. The molecule has 1 N–H and O–H groups in total. The predicted molar refractivity (Wildman–Crippen MR) is 113 cm³/mol. The van der Waals surface area contributed by atoms with Gasteiger partial charge < -0.3 is 10.1 Å². The molecule has 0 aliphatic carbocycles. The van der Waals surface area contributed by atoms with Crippen molar-refractivity contribution in [3.63, 3.8) is 0 Å². The summed E-state index contributed by atoms with van der Waals surface area (Å²) >= 11 is 0. The number of nitro benzene ring substituents is 1. The standard InChI is InChI=1S/C23H19N3O4/c1-2-30-23(27)20-8-5-9-21(26(28)29)22(20)25-15-16-10-12-17(13-11-16)19-7-4-3-6-18(19)14-24/h3-13,25H,2,15H2,1H3. The first kappa shape index (κ1) is 20.6. The third-order valence-electron chi connectivity index (χ3n) is 4.52. The smallest absolute Gasteiger partial charge is 0.340 e. The lowest BCUT2D eigenvalue weighted by atomic mass is 9.99. The van der Waals surface area contributed by atoms with Gasteiger partial charge >= 0.3 is 5.97 Å². The molecule has 0 aliphatic heterocycles. The molecule has 0 amide bonds. The molecule has 0 aliphatic rings. The van der Waals surface area contributed by atoms with Crippen LogP contribution in [0.3, 0.4) is 0 Å². The fraction of sp³-hybridized carbons (Fsp3) is 0.130. The van der Waals surface area contributed by atoms with Crippen LogP contribution in [0.4, 0.5) is 11.4 Å². The Balaban J connectivity index is 1.84. The monoisotopic (exact) mass is 401 g/mol. The number of esters is 1. The topological polar surface area (TPSA) is 105 Å². The van der Waals surface area contributed by atoms with E-state index in [-0.39, 0.29) is 30.1 Å². The Morgan fingerprint density at radius 1 is 1.10 bits per heavy atom. The summed E-state index contributed by atoms with van der Waals surface area (Å²) in [6.45, 7) is 2.12. The number of nitrogens with one attached hydrogen (secondary N) is 1. The molecule has 30 heavy (non-hydrogen) atoms. The van der Waals surface area contributed by atoms with Gasteiger partial charge in [0.25, 0.3) is 5.69 Å². The number of rotatable bonds is 7. The zero-order chi connectivity index (χ0) is 21.5. The number of nitrogens with zero attached hydrogens (tertiary/aromatic N) is 2. The van der Waals surface area contributed by atoms with E-state index >= 15 is 0 Å². The molecule has 0 bridgehead atoms. The number of carbonyl (C=O) groups excluding carboxylic acids is 1. The van der Waals surface area contributed by atoms with Crippen LogP contribution in [0.15, 0.2) is 66.7 Å². The Bertz CT molecular complexity index is 1120. The molecule has 0 heterocycles. The molecule has 7 nitrogen and oxygen atoms in total. The molecule has 3 rings (SSSR count). The minimum Gasteiger partial charge on any atom is -0.462 e. The van der Waals surface area contributed by atoms with Gasteiger partial charge in [0.1, 0.15) is 5.69 Å². The molecule has 0 aromatic heterocycles. The zero-order valence-electron chi connectivity index (χ0n) is 16.3. The maximum atomic E-state index is 12.2. The van der Waals surface area contributed by atoms with E-state index < -0.39 is 10.9 Å². The maximum Gasteiger partial charge on any atom is 0.340 e. The van der Waals surface area contributed by atoms with Crippen LogP contribution in [0.5, 0.6) is 0 Å². The highest BCUT2D eigenvalue weighted by molar-refractivity contribution is 5.98. The van der Waals surface area contributed by atoms with Gasteiger partial charge in [-0.15, -0.1) is 0 Å². The lowest BCUT2D eigenvalue weighted by molar-refractivity contribution is -0.384. The van der Waals surface area contributed by atoms with E-state index in [0.717, 1.165) is 16.7 Å². The van der Waals surface area contributed by atoms with Gasteiger partial charge in [0.2, 0.25) is 0 Å². The van der Waals surface area contributed by atoms with Crippen molar-refractivity contribution < 1.29 is 14.5 Å². The highest BCUT2D eigenvalue weighted by Gasteiger charge is 2.22. The molecule has 0 saturated heterocycles. The summed E-state index contributed by atoms with van der Waals surface area (Å²) in [4.78, 5) is 23.1. The molecule has 150 valence electrons. The summed E-state index contributed by atoms with van der Waals surface area (Å²) in [6.07, 6.45) is 0. The number of nitro groups is 1. The van der Waals surface area contributed by atoms with Crippen LogP contribution >= 0.6 is 0 Å². The van der Waals surface area contributed by atoms with Crippen LogP contribution in [0.2, 0.25) is 0 Å². The van der Waals surface area contributed by atoms with Crippen molar-refractivity contribution in [1.82, 2.24) is 0 Å². The van der Waals surface area contributed by atoms with E-state index in [9.17, 15) is 20.2 Å². The van der Waals surface area contributed by atoms with Gasteiger partial charge in [0.15, 0.2) is 0 Å². The van der Waals surface area contributed by atoms with E-state index in [0.29, 0.717) is 5.56 Å². The second-order valence-corrected chi connectivity index (χ2v) is 6.39. The number of ether oxygens (including phenoxy) is 1. The number of anilines is 1. The second-order valence-electron chi connectivity index (χ2n) is 6.39. The van der Waals surface area contributed by atoms with Gasteiger partial charge in [-0.2, -0.15) is 5.26 Å². The molecule has 0 radical (unpaired) electrons. The summed E-state index contributed by atoms with van der Waals surface area (Å²) in [6, 6.07) is 21.3. The van der Waals surface area contributed by atoms with Crippen molar-refractivity contribution in [2.24, 2.45) is 0 Å². The average Bonchev–Trinajstić information content (AvgIpc) is 2.77. The van der Waals surface area contributed by atoms with Crippen LogP contribution in [0.1, 0.15) is 28.4 Å². The highest BCUT2D eigenvalue weighted by Crippen LogP contribution is 2.30. The van der Waals surface area contributed by atoms with E-state index in [1.165, 1.54) is 18.2 Å². The van der Waals surface area contributed by atoms with Gasteiger partial charge in [-0.3, -0.25) is 10.1 Å². The molecule has 0 spiro atoms. The number of hydrogen-bond donors (Lipinski definition) is 1. The van der Waals surface area contributed by atoms with E-state index in [4.69, 9.17) is 4.74 Å². The van der Waals surface area contributed by atoms with Crippen LogP contribution in [-0.2, 0) is 11.3 Å². The lowest BCUT2D eigenvalue weighted by Crippen LogP contribution is -2.11. The second kappa shape index (κ2) is 9.34. The van der Waals surface area contributed by atoms with Crippen molar-refractivity contribution in [3.05, 3.63) is 93.5 Å². The van der Waals surface area contributed by atoms with Gasteiger partial charge in [0, 0.05) is 12.6 Å². The molecule has 0 saturated carbocycles. The molecule has 0 fully saturated rings. The quantitative estimate of drug-likeness (QED) is 0.342. The fourth-order valence-corrected chi connectivity index (χ4v) is 3.08. The van der Waals surface area contributed by atoms with Gasteiger partial charge in [-0.05, 0) is 35.7 Å². The predicted octanol–water partition coefficient (Wildman–Crippen LogP) is 4.92. The summed E-state index contributed by atoms with van der Waals surface area (Å²) in [5, 5.41) is 23.7.